The van der Waals surface area contributed by atoms with Crippen LogP contribution >= 0.6 is 11.8 Å². The van der Waals surface area contributed by atoms with Gasteiger partial charge >= 0.3 is 0 Å². The molecular formula is C11H11FN2OS. The topological polar surface area (TPSA) is 52.0 Å². The molecule has 0 radical (unpaired) electrons. The molecule has 0 saturated heterocycles. The van der Waals surface area contributed by atoms with Crippen LogP contribution in [-0.2, 0) is 0 Å². The number of benzene rings is 1. The van der Waals surface area contributed by atoms with Crippen LogP contribution in [0.25, 0.3) is 0 Å². The Hall–Kier alpha value is -1.33. The van der Waals surface area contributed by atoms with E-state index in [-0.39, 0.29) is 11.9 Å². The predicted octanol–water partition coefficient (Wildman–Crippen LogP) is 2.98. The number of oxazole rings is 1. The fourth-order valence-corrected chi connectivity index (χ4v) is 2.35. The SMILES string of the molecule is C[C@@H](N)c1c(F)cccc1Sc1ncco1. The number of hydrogen-bond acceptors (Lipinski definition) is 4. The van der Waals surface area contributed by atoms with Crippen LogP contribution < -0.4 is 5.73 Å². The summed E-state index contributed by atoms with van der Waals surface area (Å²) in [5.74, 6) is -0.299. The molecule has 1 aromatic heterocycles. The van der Waals surface area contributed by atoms with E-state index in [1.165, 1.54) is 24.1 Å². The summed E-state index contributed by atoms with van der Waals surface area (Å²) in [6, 6.07) is 4.49. The van der Waals surface area contributed by atoms with E-state index in [4.69, 9.17) is 10.2 Å². The summed E-state index contributed by atoms with van der Waals surface area (Å²) in [5, 5.41) is 0.479. The van der Waals surface area contributed by atoms with Gasteiger partial charge in [0.15, 0.2) is 0 Å². The molecule has 3 nitrogen and oxygen atoms in total. The Morgan fingerprint density at radius 3 is 2.94 bits per heavy atom. The van der Waals surface area contributed by atoms with Gasteiger partial charge in [-0.25, -0.2) is 9.37 Å². The summed E-state index contributed by atoms with van der Waals surface area (Å²) in [5.41, 5.74) is 6.23. The van der Waals surface area contributed by atoms with Gasteiger partial charge in [0.25, 0.3) is 5.22 Å². The van der Waals surface area contributed by atoms with E-state index in [0.29, 0.717) is 10.8 Å². The van der Waals surface area contributed by atoms with Crippen LogP contribution in [0.5, 0.6) is 0 Å². The maximum absolute atomic E-state index is 13.6. The molecule has 2 aromatic rings. The molecule has 1 atom stereocenters. The van der Waals surface area contributed by atoms with Crippen molar-refractivity contribution in [1.82, 2.24) is 4.98 Å². The van der Waals surface area contributed by atoms with Gasteiger partial charge in [0, 0.05) is 16.5 Å². The number of hydrogen-bond donors (Lipinski definition) is 1. The lowest BCUT2D eigenvalue weighted by Gasteiger charge is -2.11. The van der Waals surface area contributed by atoms with E-state index >= 15 is 0 Å². The molecule has 2 rings (SSSR count). The second-order valence-electron chi connectivity index (χ2n) is 3.34. The smallest absolute Gasteiger partial charge is 0.260 e. The minimum absolute atomic E-state index is 0.299. The first-order chi connectivity index (χ1) is 7.68. The van der Waals surface area contributed by atoms with E-state index in [9.17, 15) is 4.39 Å². The highest BCUT2D eigenvalue weighted by molar-refractivity contribution is 7.99. The highest BCUT2D eigenvalue weighted by Crippen LogP contribution is 2.33. The molecule has 1 aromatic carbocycles. The molecule has 0 spiro atoms. The van der Waals surface area contributed by atoms with Gasteiger partial charge in [0.1, 0.15) is 12.1 Å². The highest BCUT2D eigenvalue weighted by atomic mass is 32.2. The maximum Gasteiger partial charge on any atom is 0.260 e. The fraction of sp³-hybridized carbons (Fsp3) is 0.182. The van der Waals surface area contributed by atoms with Crippen molar-refractivity contribution in [1.29, 1.82) is 0 Å². The zero-order chi connectivity index (χ0) is 11.5. The summed E-state index contributed by atoms with van der Waals surface area (Å²) in [4.78, 5) is 4.71. The minimum atomic E-state index is -0.362. The lowest BCUT2D eigenvalue weighted by atomic mass is 10.1. The third-order valence-corrected chi connectivity index (χ3v) is 3.03. The van der Waals surface area contributed by atoms with Crippen LogP contribution in [-0.4, -0.2) is 4.98 Å². The predicted molar refractivity (Wildman–Crippen MR) is 59.6 cm³/mol. The van der Waals surface area contributed by atoms with Gasteiger partial charge in [-0.1, -0.05) is 6.07 Å². The van der Waals surface area contributed by atoms with E-state index in [0.717, 1.165) is 4.90 Å². The molecule has 5 heteroatoms. The third kappa shape index (κ3) is 2.25. The zero-order valence-corrected chi connectivity index (χ0v) is 9.50. The molecule has 0 aliphatic heterocycles. The van der Waals surface area contributed by atoms with Crippen molar-refractivity contribution in [2.45, 2.75) is 23.1 Å². The standard InChI is InChI=1S/C11H11FN2OS/c1-7(13)10-8(12)3-2-4-9(10)16-11-14-5-6-15-11/h2-7H,13H2,1H3/t7-/m1/s1. The molecule has 0 fully saturated rings. The normalized spacial score (nSPS) is 12.7. The Kier molecular flexibility index (Phi) is 3.26. The molecule has 1 heterocycles. The molecule has 2 N–H and O–H groups in total. The Balaban J connectivity index is 2.37. The van der Waals surface area contributed by atoms with Crippen LogP contribution in [0.4, 0.5) is 4.39 Å². The van der Waals surface area contributed by atoms with E-state index in [1.807, 2.05) is 0 Å². The molecule has 84 valence electrons. The van der Waals surface area contributed by atoms with E-state index < -0.39 is 0 Å². The van der Waals surface area contributed by atoms with Gasteiger partial charge in [-0.3, -0.25) is 0 Å². The molecule has 0 bridgehead atoms. The van der Waals surface area contributed by atoms with Crippen molar-refractivity contribution in [2.75, 3.05) is 0 Å². The second-order valence-corrected chi connectivity index (χ2v) is 4.33. The number of nitrogens with zero attached hydrogens (tertiary/aromatic N) is 1. The van der Waals surface area contributed by atoms with Gasteiger partial charge in [-0.2, -0.15) is 0 Å². The van der Waals surface area contributed by atoms with Crippen molar-refractivity contribution in [3.8, 4) is 0 Å². The van der Waals surface area contributed by atoms with E-state index in [1.54, 1.807) is 25.3 Å². The summed E-state index contributed by atoms with van der Waals surface area (Å²) in [6.45, 7) is 1.75. The fourth-order valence-electron chi connectivity index (χ4n) is 1.40. The number of nitrogens with two attached hydrogens (primary N) is 1. The Labute approximate surface area is 96.9 Å². The lowest BCUT2D eigenvalue weighted by Crippen LogP contribution is -2.08. The van der Waals surface area contributed by atoms with Crippen molar-refractivity contribution in [3.63, 3.8) is 0 Å². The van der Waals surface area contributed by atoms with Crippen molar-refractivity contribution in [2.24, 2.45) is 5.73 Å². The lowest BCUT2D eigenvalue weighted by molar-refractivity contribution is 0.454. The largest absolute Gasteiger partial charge is 0.440 e. The Morgan fingerprint density at radius 1 is 1.50 bits per heavy atom. The summed E-state index contributed by atoms with van der Waals surface area (Å²) >= 11 is 1.27. The third-order valence-electron chi connectivity index (χ3n) is 2.08. The first-order valence-electron chi connectivity index (χ1n) is 4.80. The first kappa shape index (κ1) is 11.2. The van der Waals surface area contributed by atoms with Crippen LogP contribution in [0, 0.1) is 5.82 Å². The van der Waals surface area contributed by atoms with Crippen molar-refractivity contribution in [3.05, 3.63) is 42.0 Å². The van der Waals surface area contributed by atoms with Crippen molar-refractivity contribution >= 4 is 11.8 Å². The van der Waals surface area contributed by atoms with Crippen LogP contribution in [0.2, 0.25) is 0 Å². The average molecular weight is 238 g/mol. The Bertz CT molecular complexity index is 471. The zero-order valence-electron chi connectivity index (χ0n) is 8.68. The quantitative estimate of drug-likeness (QED) is 0.893. The number of aromatic nitrogens is 1. The molecular weight excluding hydrogens is 227 g/mol. The van der Waals surface area contributed by atoms with Gasteiger partial charge < -0.3 is 10.2 Å². The van der Waals surface area contributed by atoms with Crippen molar-refractivity contribution < 1.29 is 8.81 Å². The Morgan fingerprint density at radius 2 is 2.31 bits per heavy atom. The second kappa shape index (κ2) is 4.67. The molecule has 0 aliphatic carbocycles. The first-order valence-corrected chi connectivity index (χ1v) is 5.61. The monoisotopic (exact) mass is 238 g/mol. The summed E-state index contributed by atoms with van der Waals surface area (Å²) in [7, 11) is 0. The van der Waals surface area contributed by atoms with Gasteiger partial charge in [-0.05, 0) is 30.8 Å². The average Bonchev–Trinajstić information content (AvgIpc) is 2.70. The maximum atomic E-state index is 13.6. The van der Waals surface area contributed by atoms with Crippen LogP contribution in [0.15, 0.2) is 45.2 Å². The summed E-state index contributed by atoms with van der Waals surface area (Å²) < 4.78 is 18.7. The van der Waals surface area contributed by atoms with Crippen LogP contribution in [0.1, 0.15) is 18.5 Å². The highest BCUT2D eigenvalue weighted by Gasteiger charge is 2.14. The number of rotatable bonds is 3. The summed E-state index contributed by atoms with van der Waals surface area (Å²) in [6.07, 6.45) is 3.03. The van der Waals surface area contributed by atoms with Gasteiger partial charge in [-0.15, -0.1) is 0 Å². The van der Waals surface area contributed by atoms with E-state index in [2.05, 4.69) is 4.98 Å². The molecule has 16 heavy (non-hydrogen) atoms. The molecule has 0 unspecified atom stereocenters. The molecule has 0 saturated carbocycles. The molecule has 0 aliphatic rings. The molecule has 0 amide bonds. The van der Waals surface area contributed by atoms with Crippen LogP contribution in [0.3, 0.4) is 0 Å². The van der Waals surface area contributed by atoms with Gasteiger partial charge in [0.2, 0.25) is 0 Å². The number of halogens is 1. The minimum Gasteiger partial charge on any atom is -0.440 e. The van der Waals surface area contributed by atoms with Gasteiger partial charge in [0.05, 0.1) is 6.20 Å².